The van der Waals surface area contributed by atoms with Gasteiger partial charge < -0.3 is 14.7 Å². The van der Waals surface area contributed by atoms with Gasteiger partial charge in [0.25, 0.3) is 11.7 Å². The first-order valence-corrected chi connectivity index (χ1v) is 9.98. The quantitative estimate of drug-likeness (QED) is 0.372. The third-order valence-corrected chi connectivity index (χ3v) is 5.46. The van der Waals surface area contributed by atoms with Crippen LogP contribution in [0, 0.1) is 12.7 Å². The first kappa shape index (κ1) is 21.2. The molecule has 3 aromatic rings. The maximum atomic E-state index is 13.7. The van der Waals surface area contributed by atoms with Crippen molar-refractivity contribution in [3.05, 3.63) is 101 Å². The van der Waals surface area contributed by atoms with Gasteiger partial charge in [0, 0.05) is 24.5 Å². The van der Waals surface area contributed by atoms with Crippen molar-refractivity contribution in [2.45, 2.75) is 19.5 Å². The second-order valence-corrected chi connectivity index (χ2v) is 7.53. The summed E-state index contributed by atoms with van der Waals surface area (Å²) < 4.78 is 19.0. The van der Waals surface area contributed by atoms with Gasteiger partial charge in [-0.2, -0.15) is 0 Å². The SMILES string of the molecule is COc1cccc(CN2C(=O)C(=O)/C(=C(\O)c3ccc(F)c(C)c3)C2c2cccnc2)c1. The van der Waals surface area contributed by atoms with Gasteiger partial charge >= 0.3 is 0 Å². The fourth-order valence-corrected chi connectivity index (χ4v) is 3.84. The number of hydrogen-bond donors (Lipinski definition) is 1. The van der Waals surface area contributed by atoms with Gasteiger partial charge in [-0.25, -0.2) is 4.39 Å². The zero-order chi connectivity index (χ0) is 22.8. The first-order valence-electron chi connectivity index (χ1n) is 9.98. The van der Waals surface area contributed by atoms with Gasteiger partial charge in [-0.1, -0.05) is 18.2 Å². The predicted molar refractivity (Wildman–Crippen MR) is 116 cm³/mol. The van der Waals surface area contributed by atoms with Gasteiger partial charge in [-0.15, -0.1) is 0 Å². The number of likely N-dealkylation sites (tertiary alicyclic amines) is 1. The van der Waals surface area contributed by atoms with Crippen LogP contribution >= 0.6 is 0 Å². The summed E-state index contributed by atoms with van der Waals surface area (Å²) in [4.78, 5) is 31.6. The molecule has 6 nitrogen and oxygen atoms in total. The number of aliphatic hydroxyl groups excluding tert-OH is 1. The summed E-state index contributed by atoms with van der Waals surface area (Å²) in [6.45, 7) is 1.69. The van der Waals surface area contributed by atoms with Crippen LogP contribution in [0.1, 0.15) is 28.3 Å². The molecule has 1 saturated heterocycles. The summed E-state index contributed by atoms with van der Waals surface area (Å²) in [6.07, 6.45) is 3.14. The summed E-state index contributed by atoms with van der Waals surface area (Å²) in [5.74, 6) is -1.70. The smallest absolute Gasteiger partial charge is 0.295 e. The molecule has 1 aromatic heterocycles. The largest absolute Gasteiger partial charge is 0.507 e. The van der Waals surface area contributed by atoms with Crippen LogP contribution in [0.5, 0.6) is 5.75 Å². The molecule has 1 aliphatic rings. The Labute approximate surface area is 184 Å². The molecule has 162 valence electrons. The second kappa shape index (κ2) is 8.63. The Morgan fingerprint density at radius 3 is 2.66 bits per heavy atom. The Bertz CT molecular complexity index is 1220. The van der Waals surface area contributed by atoms with Crippen LogP contribution in [-0.2, 0) is 16.1 Å². The van der Waals surface area contributed by atoms with E-state index in [0.717, 1.165) is 5.56 Å². The molecule has 0 bridgehead atoms. The molecule has 0 spiro atoms. The van der Waals surface area contributed by atoms with Crippen molar-refractivity contribution in [3.63, 3.8) is 0 Å². The molecule has 1 amide bonds. The van der Waals surface area contributed by atoms with E-state index >= 15 is 0 Å². The van der Waals surface area contributed by atoms with E-state index in [0.29, 0.717) is 16.9 Å². The topological polar surface area (TPSA) is 79.7 Å². The minimum Gasteiger partial charge on any atom is -0.507 e. The molecule has 1 atom stereocenters. The highest BCUT2D eigenvalue weighted by molar-refractivity contribution is 6.46. The number of methoxy groups -OCH3 is 1. The van der Waals surface area contributed by atoms with E-state index in [2.05, 4.69) is 4.98 Å². The van der Waals surface area contributed by atoms with E-state index < -0.39 is 23.5 Å². The number of Topliss-reactive ketones (excluding diaryl/α,β-unsaturated/α-hetero) is 1. The number of ketones is 1. The number of ether oxygens (including phenoxy) is 1. The van der Waals surface area contributed by atoms with Crippen LogP contribution in [0.3, 0.4) is 0 Å². The lowest BCUT2D eigenvalue weighted by Gasteiger charge is -2.25. The van der Waals surface area contributed by atoms with Crippen molar-refractivity contribution in [2.75, 3.05) is 7.11 Å². The lowest BCUT2D eigenvalue weighted by Crippen LogP contribution is -2.29. The van der Waals surface area contributed by atoms with Crippen LogP contribution in [0.4, 0.5) is 4.39 Å². The zero-order valence-electron chi connectivity index (χ0n) is 17.6. The molecule has 32 heavy (non-hydrogen) atoms. The maximum absolute atomic E-state index is 13.7. The Kier molecular flexibility index (Phi) is 5.73. The van der Waals surface area contributed by atoms with Crippen LogP contribution in [0.25, 0.3) is 5.76 Å². The molecule has 0 aliphatic carbocycles. The van der Waals surface area contributed by atoms with Crippen molar-refractivity contribution < 1.29 is 23.8 Å². The number of nitrogens with zero attached hydrogens (tertiary/aromatic N) is 2. The van der Waals surface area contributed by atoms with Crippen molar-refractivity contribution in [3.8, 4) is 5.75 Å². The average Bonchev–Trinajstić information content (AvgIpc) is 3.06. The Hall–Kier alpha value is -4.00. The van der Waals surface area contributed by atoms with Gasteiger partial charge in [-0.05, 0) is 60.0 Å². The lowest BCUT2D eigenvalue weighted by molar-refractivity contribution is -0.140. The Morgan fingerprint density at radius 1 is 1.16 bits per heavy atom. The number of carbonyl (C=O) groups excluding carboxylic acids is 2. The number of aromatic nitrogens is 1. The van der Waals surface area contributed by atoms with Crippen molar-refractivity contribution >= 4 is 17.4 Å². The number of amides is 1. The molecular weight excluding hydrogens is 411 g/mol. The van der Waals surface area contributed by atoms with Crippen molar-refractivity contribution in [1.29, 1.82) is 0 Å². The number of pyridine rings is 1. The Morgan fingerprint density at radius 2 is 1.97 bits per heavy atom. The molecule has 4 rings (SSSR count). The summed E-state index contributed by atoms with van der Waals surface area (Å²) in [7, 11) is 1.55. The molecular formula is C25H21FN2O4. The van der Waals surface area contributed by atoms with Gasteiger partial charge in [0.05, 0.1) is 18.7 Å². The molecule has 1 unspecified atom stereocenters. The van der Waals surface area contributed by atoms with Crippen LogP contribution in [0.2, 0.25) is 0 Å². The number of aryl methyl sites for hydroxylation is 1. The molecule has 1 aliphatic heterocycles. The van der Waals surface area contributed by atoms with E-state index in [1.165, 1.54) is 23.1 Å². The molecule has 1 fully saturated rings. The highest BCUT2D eigenvalue weighted by Gasteiger charge is 2.46. The molecule has 0 radical (unpaired) electrons. The van der Waals surface area contributed by atoms with Gasteiger partial charge in [0.1, 0.15) is 17.3 Å². The molecule has 2 heterocycles. The minimum atomic E-state index is -0.847. The molecule has 2 aromatic carbocycles. The van der Waals surface area contributed by atoms with Crippen LogP contribution in [-0.4, -0.2) is 33.8 Å². The lowest BCUT2D eigenvalue weighted by atomic mass is 9.95. The molecule has 7 heteroatoms. The van der Waals surface area contributed by atoms with Crippen molar-refractivity contribution in [2.24, 2.45) is 0 Å². The van der Waals surface area contributed by atoms with Crippen LogP contribution in [0.15, 0.2) is 72.6 Å². The van der Waals surface area contributed by atoms with Gasteiger partial charge in [-0.3, -0.25) is 14.6 Å². The highest BCUT2D eigenvalue weighted by atomic mass is 19.1. The van der Waals surface area contributed by atoms with Crippen LogP contribution < -0.4 is 4.74 Å². The fraction of sp³-hybridized carbons (Fsp3) is 0.160. The van der Waals surface area contributed by atoms with E-state index in [9.17, 15) is 19.1 Å². The number of halogens is 1. The van der Waals surface area contributed by atoms with E-state index in [-0.39, 0.29) is 23.4 Å². The number of aliphatic hydroxyl groups is 1. The summed E-state index contributed by atoms with van der Waals surface area (Å²) in [5.41, 5.74) is 1.86. The summed E-state index contributed by atoms with van der Waals surface area (Å²) in [6, 6.07) is 13.8. The van der Waals surface area contributed by atoms with Crippen molar-refractivity contribution in [1.82, 2.24) is 9.88 Å². The average molecular weight is 432 g/mol. The molecule has 1 N–H and O–H groups in total. The third-order valence-electron chi connectivity index (χ3n) is 5.46. The monoisotopic (exact) mass is 432 g/mol. The number of benzene rings is 2. The second-order valence-electron chi connectivity index (χ2n) is 7.53. The normalized spacial score (nSPS) is 17.6. The van der Waals surface area contributed by atoms with Gasteiger partial charge in [0.2, 0.25) is 0 Å². The predicted octanol–water partition coefficient (Wildman–Crippen LogP) is 4.16. The minimum absolute atomic E-state index is 0.0584. The standard InChI is InChI=1S/C25H21FN2O4/c1-15-11-17(8-9-20(15)26)23(29)21-22(18-6-4-10-27-13-18)28(25(31)24(21)30)14-16-5-3-7-19(12-16)32-2/h3-13,22,29H,14H2,1-2H3/b23-21-. The summed E-state index contributed by atoms with van der Waals surface area (Å²) >= 11 is 0. The number of rotatable bonds is 5. The molecule has 0 saturated carbocycles. The highest BCUT2D eigenvalue weighted by Crippen LogP contribution is 2.40. The van der Waals surface area contributed by atoms with E-state index in [1.54, 1.807) is 56.8 Å². The number of hydrogen-bond acceptors (Lipinski definition) is 5. The third kappa shape index (κ3) is 3.85. The van der Waals surface area contributed by atoms with E-state index in [1.807, 2.05) is 6.07 Å². The van der Waals surface area contributed by atoms with Gasteiger partial charge in [0.15, 0.2) is 0 Å². The Balaban J connectivity index is 1.84. The fourth-order valence-electron chi connectivity index (χ4n) is 3.84. The first-order chi connectivity index (χ1) is 15.4. The zero-order valence-corrected chi connectivity index (χ0v) is 17.6. The summed E-state index contributed by atoms with van der Waals surface area (Å²) in [5, 5.41) is 11.0. The number of carbonyl (C=O) groups is 2. The van der Waals surface area contributed by atoms with E-state index in [4.69, 9.17) is 4.74 Å². The maximum Gasteiger partial charge on any atom is 0.295 e.